The number of amides is 1. The molecule has 2 aliphatic rings. The normalized spacial score (nSPS) is 18.6. The van der Waals surface area contributed by atoms with Gasteiger partial charge >= 0.3 is 5.69 Å². The second kappa shape index (κ2) is 10.2. The first-order valence-electron chi connectivity index (χ1n) is 11.4. The molecular formula is C24H32N4O5. The van der Waals surface area contributed by atoms with Gasteiger partial charge in [-0.1, -0.05) is 6.07 Å². The van der Waals surface area contributed by atoms with Crippen LogP contribution in [0.3, 0.4) is 0 Å². The van der Waals surface area contributed by atoms with Gasteiger partial charge in [0.15, 0.2) is 11.5 Å². The van der Waals surface area contributed by atoms with Gasteiger partial charge < -0.3 is 19.1 Å². The van der Waals surface area contributed by atoms with Crippen molar-refractivity contribution in [2.24, 2.45) is 0 Å². The number of ether oxygens (including phenoxy) is 3. The van der Waals surface area contributed by atoms with Gasteiger partial charge in [0, 0.05) is 38.2 Å². The van der Waals surface area contributed by atoms with Crippen LogP contribution in [0, 0.1) is 0 Å². The predicted octanol–water partition coefficient (Wildman–Crippen LogP) is 2.46. The molecular weight excluding hydrogens is 424 g/mol. The van der Waals surface area contributed by atoms with Crippen molar-refractivity contribution in [2.45, 2.75) is 44.2 Å². The Morgan fingerprint density at radius 2 is 1.94 bits per heavy atom. The van der Waals surface area contributed by atoms with E-state index in [9.17, 15) is 9.59 Å². The Hall–Kier alpha value is -3.07. The third kappa shape index (κ3) is 5.13. The SMILES string of the molecule is COCCn1nc(C2CCCN(C(=O)/C=C/c3ccc(OC)c(OC)c3)C2)n(C2CC2)c1=O. The van der Waals surface area contributed by atoms with Crippen LogP contribution >= 0.6 is 0 Å². The molecule has 1 aromatic carbocycles. The fourth-order valence-corrected chi connectivity index (χ4v) is 4.33. The molecule has 1 atom stereocenters. The predicted molar refractivity (Wildman–Crippen MR) is 124 cm³/mol. The number of carbonyl (C=O) groups excluding carboxylic acids is 1. The Labute approximate surface area is 193 Å². The van der Waals surface area contributed by atoms with Crippen molar-refractivity contribution < 1.29 is 19.0 Å². The summed E-state index contributed by atoms with van der Waals surface area (Å²) in [6.45, 7) is 2.13. The van der Waals surface area contributed by atoms with Crippen LogP contribution in [-0.2, 0) is 16.1 Å². The summed E-state index contributed by atoms with van der Waals surface area (Å²) in [4.78, 5) is 27.7. The van der Waals surface area contributed by atoms with Gasteiger partial charge in [0.2, 0.25) is 5.91 Å². The number of piperidine rings is 1. The second-order valence-electron chi connectivity index (χ2n) is 8.53. The molecule has 2 heterocycles. The number of benzene rings is 1. The number of methoxy groups -OCH3 is 3. The van der Waals surface area contributed by atoms with Crippen LogP contribution in [0.4, 0.5) is 0 Å². The van der Waals surface area contributed by atoms with Gasteiger partial charge in [-0.05, 0) is 49.5 Å². The third-order valence-electron chi connectivity index (χ3n) is 6.24. The Morgan fingerprint density at radius 3 is 2.64 bits per heavy atom. The van der Waals surface area contributed by atoms with E-state index in [4.69, 9.17) is 14.2 Å². The number of nitrogens with zero attached hydrogens (tertiary/aromatic N) is 4. The monoisotopic (exact) mass is 456 g/mol. The van der Waals surface area contributed by atoms with E-state index in [1.54, 1.807) is 33.5 Å². The number of rotatable bonds is 9. The summed E-state index contributed by atoms with van der Waals surface area (Å²) in [6.07, 6.45) is 7.18. The van der Waals surface area contributed by atoms with E-state index in [1.807, 2.05) is 27.7 Å². The maximum Gasteiger partial charge on any atom is 0.346 e. The second-order valence-corrected chi connectivity index (χ2v) is 8.53. The molecule has 9 nitrogen and oxygen atoms in total. The summed E-state index contributed by atoms with van der Waals surface area (Å²) in [5, 5.41) is 4.66. The third-order valence-corrected chi connectivity index (χ3v) is 6.24. The minimum atomic E-state index is -0.0682. The molecule has 33 heavy (non-hydrogen) atoms. The summed E-state index contributed by atoms with van der Waals surface area (Å²) >= 11 is 0. The summed E-state index contributed by atoms with van der Waals surface area (Å²) < 4.78 is 19.1. The van der Waals surface area contributed by atoms with Gasteiger partial charge in [-0.2, -0.15) is 5.10 Å². The van der Waals surface area contributed by atoms with Gasteiger partial charge in [-0.25, -0.2) is 9.48 Å². The molecule has 0 N–H and O–H groups in total. The molecule has 2 fully saturated rings. The minimum absolute atomic E-state index is 0.0476. The highest BCUT2D eigenvalue weighted by molar-refractivity contribution is 5.92. The van der Waals surface area contributed by atoms with Crippen molar-refractivity contribution in [3.63, 3.8) is 0 Å². The first-order valence-corrected chi connectivity index (χ1v) is 11.4. The van der Waals surface area contributed by atoms with Crippen molar-refractivity contribution in [1.29, 1.82) is 0 Å². The molecule has 0 bridgehead atoms. The van der Waals surface area contributed by atoms with Crippen molar-refractivity contribution in [1.82, 2.24) is 19.2 Å². The highest BCUT2D eigenvalue weighted by atomic mass is 16.5. The first kappa shape index (κ1) is 23.1. The summed E-state index contributed by atoms with van der Waals surface area (Å²) in [5.74, 6) is 2.07. The molecule has 1 saturated carbocycles. The molecule has 1 aliphatic carbocycles. The molecule has 4 rings (SSSR count). The Kier molecular flexibility index (Phi) is 7.17. The van der Waals surface area contributed by atoms with Crippen LogP contribution in [0.25, 0.3) is 6.08 Å². The average Bonchev–Trinajstić information content (AvgIpc) is 3.63. The zero-order chi connectivity index (χ0) is 23.4. The summed E-state index contributed by atoms with van der Waals surface area (Å²) in [5.41, 5.74) is 0.787. The van der Waals surface area contributed by atoms with Crippen LogP contribution in [0.5, 0.6) is 11.5 Å². The number of likely N-dealkylation sites (tertiary alicyclic amines) is 1. The molecule has 1 unspecified atom stereocenters. The number of aromatic nitrogens is 3. The maximum absolute atomic E-state index is 12.9. The average molecular weight is 457 g/mol. The molecule has 2 aromatic rings. The van der Waals surface area contributed by atoms with Crippen LogP contribution in [0.15, 0.2) is 29.1 Å². The van der Waals surface area contributed by atoms with Gasteiger partial charge in [-0.3, -0.25) is 9.36 Å². The largest absolute Gasteiger partial charge is 0.493 e. The lowest BCUT2D eigenvalue weighted by Crippen LogP contribution is -2.39. The van der Waals surface area contributed by atoms with E-state index in [1.165, 1.54) is 4.68 Å². The quantitative estimate of drug-likeness (QED) is 0.539. The summed E-state index contributed by atoms with van der Waals surface area (Å²) in [7, 11) is 4.79. The molecule has 1 aromatic heterocycles. The van der Waals surface area contributed by atoms with Crippen molar-refractivity contribution in [2.75, 3.05) is 41.0 Å². The topological polar surface area (TPSA) is 87.8 Å². The standard InChI is InChI=1S/C24H32N4O5/c1-31-14-13-27-24(30)28(19-8-9-19)23(25-27)18-5-4-12-26(16-18)22(29)11-7-17-6-10-20(32-2)21(15-17)33-3/h6-7,10-11,15,18-19H,4-5,8-9,12-14,16H2,1-3H3/b11-7+. The Bertz CT molecular complexity index is 1070. The van der Waals surface area contributed by atoms with Gasteiger partial charge in [0.05, 0.1) is 27.4 Å². The highest BCUT2D eigenvalue weighted by Crippen LogP contribution is 2.37. The van der Waals surface area contributed by atoms with Crippen LogP contribution < -0.4 is 15.2 Å². The van der Waals surface area contributed by atoms with Gasteiger partial charge in [0.1, 0.15) is 5.82 Å². The van der Waals surface area contributed by atoms with E-state index in [-0.39, 0.29) is 23.6 Å². The maximum atomic E-state index is 12.9. The minimum Gasteiger partial charge on any atom is -0.493 e. The summed E-state index contributed by atoms with van der Waals surface area (Å²) in [6, 6.07) is 5.77. The van der Waals surface area contributed by atoms with Crippen molar-refractivity contribution in [3.8, 4) is 11.5 Å². The molecule has 1 saturated heterocycles. The van der Waals surface area contributed by atoms with Crippen molar-refractivity contribution >= 4 is 12.0 Å². The lowest BCUT2D eigenvalue weighted by atomic mass is 9.97. The van der Waals surface area contributed by atoms with E-state index in [0.29, 0.717) is 37.7 Å². The Balaban J connectivity index is 1.48. The van der Waals surface area contributed by atoms with Crippen LogP contribution in [-0.4, -0.2) is 66.2 Å². The van der Waals surface area contributed by atoms with E-state index < -0.39 is 0 Å². The molecule has 178 valence electrons. The first-order chi connectivity index (χ1) is 16.0. The fourth-order valence-electron chi connectivity index (χ4n) is 4.33. The number of carbonyl (C=O) groups is 1. The molecule has 1 aliphatic heterocycles. The number of hydrogen-bond acceptors (Lipinski definition) is 6. The zero-order valence-electron chi connectivity index (χ0n) is 19.5. The highest BCUT2D eigenvalue weighted by Gasteiger charge is 2.34. The molecule has 9 heteroatoms. The van der Waals surface area contributed by atoms with E-state index >= 15 is 0 Å². The smallest absolute Gasteiger partial charge is 0.346 e. The van der Waals surface area contributed by atoms with E-state index in [2.05, 4.69) is 5.10 Å². The number of hydrogen-bond donors (Lipinski definition) is 0. The lowest BCUT2D eigenvalue weighted by Gasteiger charge is -2.31. The van der Waals surface area contributed by atoms with Crippen LogP contribution in [0.2, 0.25) is 0 Å². The Morgan fingerprint density at radius 1 is 1.15 bits per heavy atom. The molecule has 1 amide bonds. The van der Waals surface area contributed by atoms with Crippen LogP contribution in [0.1, 0.15) is 49.0 Å². The fraction of sp³-hybridized carbons (Fsp3) is 0.542. The molecule has 0 radical (unpaired) electrons. The van der Waals surface area contributed by atoms with Crippen molar-refractivity contribution in [3.05, 3.63) is 46.1 Å². The molecule has 0 spiro atoms. The van der Waals surface area contributed by atoms with E-state index in [0.717, 1.165) is 37.1 Å². The zero-order valence-corrected chi connectivity index (χ0v) is 19.5. The van der Waals surface area contributed by atoms with Gasteiger partial charge in [0.25, 0.3) is 0 Å². The van der Waals surface area contributed by atoms with Gasteiger partial charge in [-0.15, -0.1) is 0 Å². The lowest BCUT2D eigenvalue weighted by molar-refractivity contribution is -0.127.